The molecule has 3 nitrogen and oxygen atoms in total. The van der Waals surface area contributed by atoms with Gasteiger partial charge in [-0.1, -0.05) is 13.8 Å². The Morgan fingerprint density at radius 2 is 2.24 bits per heavy atom. The molecule has 0 bridgehead atoms. The number of carbonyl (C=O) groups excluding carboxylic acids is 1. The summed E-state index contributed by atoms with van der Waals surface area (Å²) in [5, 5.41) is 6.46. The van der Waals surface area contributed by atoms with Crippen molar-refractivity contribution >= 4 is 17.2 Å². The lowest BCUT2D eigenvalue weighted by Crippen LogP contribution is -2.54. The number of thiophene rings is 1. The molecule has 0 aromatic carbocycles. The quantitative estimate of drug-likeness (QED) is 0.866. The maximum Gasteiger partial charge on any atom is 0.237 e. The Hall–Kier alpha value is -0.870. The molecular formula is C13H20N2OS. The molecule has 1 aromatic rings. The number of nitrogens with one attached hydrogen (secondary N) is 2. The van der Waals surface area contributed by atoms with Crippen LogP contribution in [0.5, 0.6) is 0 Å². The first-order valence-corrected chi connectivity index (χ1v) is 6.98. The van der Waals surface area contributed by atoms with E-state index in [1.54, 1.807) is 11.3 Å². The van der Waals surface area contributed by atoms with Crippen molar-refractivity contribution in [2.75, 3.05) is 6.54 Å². The van der Waals surface area contributed by atoms with Gasteiger partial charge in [0, 0.05) is 16.3 Å². The van der Waals surface area contributed by atoms with Gasteiger partial charge in [0.25, 0.3) is 0 Å². The van der Waals surface area contributed by atoms with E-state index in [1.165, 1.54) is 9.75 Å². The summed E-state index contributed by atoms with van der Waals surface area (Å²) in [4.78, 5) is 14.5. The van der Waals surface area contributed by atoms with Crippen LogP contribution < -0.4 is 10.6 Å². The van der Waals surface area contributed by atoms with Crippen LogP contribution in [0, 0.1) is 12.8 Å². The fourth-order valence-electron chi connectivity index (χ4n) is 2.15. The summed E-state index contributed by atoms with van der Waals surface area (Å²) in [5.74, 6) is 0.680. The third kappa shape index (κ3) is 3.07. The second-order valence-electron chi connectivity index (χ2n) is 5.10. The third-order valence-corrected chi connectivity index (χ3v) is 4.13. The molecule has 0 saturated carbocycles. The Labute approximate surface area is 107 Å². The van der Waals surface area contributed by atoms with Crippen molar-refractivity contribution in [1.29, 1.82) is 0 Å². The molecule has 2 N–H and O–H groups in total. The first kappa shape index (κ1) is 12.6. The van der Waals surface area contributed by atoms with Crippen molar-refractivity contribution in [3.8, 4) is 0 Å². The van der Waals surface area contributed by atoms with E-state index in [4.69, 9.17) is 0 Å². The fraction of sp³-hybridized carbons (Fsp3) is 0.615. The van der Waals surface area contributed by atoms with Gasteiger partial charge in [0.1, 0.15) is 0 Å². The second kappa shape index (κ2) is 5.19. The second-order valence-corrected chi connectivity index (χ2v) is 6.42. The van der Waals surface area contributed by atoms with Gasteiger partial charge in [0.15, 0.2) is 0 Å². The van der Waals surface area contributed by atoms with Crippen LogP contribution in [0.25, 0.3) is 0 Å². The molecule has 0 unspecified atom stereocenters. The lowest BCUT2D eigenvalue weighted by molar-refractivity contribution is -0.125. The van der Waals surface area contributed by atoms with Crippen LogP contribution in [0.3, 0.4) is 0 Å². The summed E-state index contributed by atoms with van der Waals surface area (Å²) in [6, 6.07) is 4.33. The minimum Gasteiger partial charge on any atom is -0.346 e. The van der Waals surface area contributed by atoms with Crippen LogP contribution in [0.2, 0.25) is 0 Å². The van der Waals surface area contributed by atoms with Crippen LogP contribution in [-0.2, 0) is 4.79 Å². The SMILES string of the molecule is Cc1ccc([C@H]2CN[C@@H](CC(C)C)C(=O)N2)s1. The standard InChI is InChI=1S/C13H20N2OS/c1-8(2)6-10-13(16)15-11(7-14-10)12-5-4-9(3)17-12/h4-5,8,10-11,14H,6-7H2,1-3H3,(H,15,16)/t10-,11+/m0/s1. The van der Waals surface area contributed by atoms with Gasteiger partial charge in [-0.3, -0.25) is 4.79 Å². The number of aryl methyl sites for hydroxylation is 1. The number of hydrogen-bond acceptors (Lipinski definition) is 3. The molecule has 1 aliphatic rings. The fourth-order valence-corrected chi connectivity index (χ4v) is 3.08. The van der Waals surface area contributed by atoms with Gasteiger partial charge < -0.3 is 10.6 Å². The maximum atomic E-state index is 12.0. The van der Waals surface area contributed by atoms with Gasteiger partial charge in [0.2, 0.25) is 5.91 Å². The van der Waals surface area contributed by atoms with E-state index in [2.05, 4.69) is 43.5 Å². The topological polar surface area (TPSA) is 41.1 Å². The van der Waals surface area contributed by atoms with Gasteiger partial charge in [-0.05, 0) is 31.4 Å². The van der Waals surface area contributed by atoms with Crippen molar-refractivity contribution in [1.82, 2.24) is 10.6 Å². The molecule has 1 amide bonds. The molecule has 1 aromatic heterocycles. The van der Waals surface area contributed by atoms with Crippen LogP contribution in [-0.4, -0.2) is 18.5 Å². The first-order valence-electron chi connectivity index (χ1n) is 6.16. The molecule has 1 saturated heterocycles. The summed E-state index contributed by atoms with van der Waals surface area (Å²) in [6.45, 7) is 7.21. The van der Waals surface area contributed by atoms with E-state index in [0.29, 0.717) is 5.92 Å². The zero-order valence-electron chi connectivity index (χ0n) is 10.6. The largest absolute Gasteiger partial charge is 0.346 e. The maximum absolute atomic E-state index is 12.0. The minimum atomic E-state index is -0.0210. The monoisotopic (exact) mass is 252 g/mol. The molecule has 4 heteroatoms. The lowest BCUT2D eigenvalue weighted by atomic mass is 10.00. The van der Waals surface area contributed by atoms with Gasteiger partial charge >= 0.3 is 0 Å². The first-order chi connectivity index (χ1) is 8.06. The van der Waals surface area contributed by atoms with E-state index in [0.717, 1.165) is 13.0 Å². The van der Waals surface area contributed by atoms with Crippen molar-refractivity contribution in [2.45, 2.75) is 39.3 Å². The van der Waals surface area contributed by atoms with Crippen LogP contribution in [0.15, 0.2) is 12.1 Å². The van der Waals surface area contributed by atoms with E-state index in [1.807, 2.05) is 0 Å². The normalized spacial score (nSPS) is 25.1. The lowest BCUT2D eigenvalue weighted by Gasteiger charge is -2.30. The zero-order valence-corrected chi connectivity index (χ0v) is 11.4. The predicted octanol–water partition coefficient (Wildman–Crippen LogP) is 2.23. The summed E-state index contributed by atoms with van der Waals surface area (Å²) < 4.78 is 0. The van der Waals surface area contributed by atoms with Gasteiger partial charge in [0.05, 0.1) is 12.1 Å². The Morgan fingerprint density at radius 1 is 1.47 bits per heavy atom. The van der Waals surface area contributed by atoms with E-state index >= 15 is 0 Å². The van der Waals surface area contributed by atoms with Crippen LogP contribution >= 0.6 is 11.3 Å². The van der Waals surface area contributed by atoms with E-state index < -0.39 is 0 Å². The summed E-state index contributed by atoms with van der Waals surface area (Å²) >= 11 is 1.76. The van der Waals surface area contributed by atoms with Gasteiger partial charge in [-0.15, -0.1) is 11.3 Å². The molecule has 1 aliphatic heterocycles. The molecule has 0 radical (unpaired) electrons. The Balaban J connectivity index is 1.97. The Bertz CT molecular complexity index is 400. The van der Waals surface area contributed by atoms with Crippen LogP contribution in [0.4, 0.5) is 0 Å². The molecule has 0 aliphatic carbocycles. The number of rotatable bonds is 3. The average molecular weight is 252 g/mol. The number of carbonyl (C=O) groups is 1. The van der Waals surface area contributed by atoms with Crippen LogP contribution in [0.1, 0.15) is 36.1 Å². The van der Waals surface area contributed by atoms with Crippen molar-refractivity contribution in [3.63, 3.8) is 0 Å². The molecule has 2 atom stereocenters. The Kier molecular flexibility index (Phi) is 3.84. The molecule has 2 heterocycles. The third-order valence-electron chi connectivity index (χ3n) is 3.01. The van der Waals surface area contributed by atoms with Crippen molar-refractivity contribution < 1.29 is 4.79 Å². The zero-order chi connectivity index (χ0) is 12.4. The summed E-state index contributed by atoms with van der Waals surface area (Å²) in [7, 11) is 0. The van der Waals surface area contributed by atoms with Gasteiger partial charge in [-0.25, -0.2) is 0 Å². The smallest absolute Gasteiger partial charge is 0.237 e. The molecule has 2 rings (SSSR count). The summed E-state index contributed by atoms with van der Waals surface area (Å²) in [5.41, 5.74) is 0. The number of hydrogen-bond donors (Lipinski definition) is 2. The highest BCUT2D eigenvalue weighted by Gasteiger charge is 2.28. The molecule has 1 fully saturated rings. The average Bonchev–Trinajstić information content (AvgIpc) is 2.67. The highest BCUT2D eigenvalue weighted by Crippen LogP contribution is 2.24. The predicted molar refractivity (Wildman–Crippen MR) is 71.2 cm³/mol. The highest BCUT2D eigenvalue weighted by atomic mass is 32.1. The van der Waals surface area contributed by atoms with Crippen molar-refractivity contribution in [3.05, 3.63) is 21.9 Å². The van der Waals surface area contributed by atoms with E-state index in [-0.39, 0.29) is 18.0 Å². The number of piperazine rings is 1. The highest BCUT2D eigenvalue weighted by molar-refractivity contribution is 7.12. The molecule has 17 heavy (non-hydrogen) atoms. The molecule has 94 valence electrons. The van der Waals surface area contributed by atoms with E-state index in [9.17, 15) is 4.79 Å². The summed E-state index contributed by atoms with van der Waals surface area (Å²) in [6.07, 6.45) is 0.905. The minimum absolute atomic E-state index is 0.0210. The Morgan fingerprint density at radius 3 is 2.76 bits per heavy atom. The molecular weight excluding hydrogens is 232 g/mol. The molecule has 0 spiro atoms. The van der Waals surface area contributed by atoms with Gasteiger partial charge in [-0.2, -0.15) is 0 Å². The number of amides is 1. The van der Waals surface area contributed by atoms with Crippen molar-refractivity contribution in [2.24, 2.45) is 5.92 Å².